The predicted octanol–water partition coefficient (Wildman–Crippen LogP) is 2.39. The molecule has 1 aliphatic rings. The van der Waals surface area contributed by atoms with E-state index in [9.17, 15) is 4.79 Å². The van der Waals surface area contributed by atoms with Crippen molar-refractivity contribution in [3.8, 4) is 5.75 Å². The van der Waals surface area contributed by atoms with Crippen LogP contribution in [0.5, 0.6) is 5.75 Å². The predicted molar refractivity (Wildman–Crippen MR) is 101 cm³/mol. The van der Waals surface area contributed by atoms with Crippen molar-refractivity contribution in [1.29, 1.82) is 0 Å². The van der Waals surface area contributed by atoms with Gasteiger partial charge in [0, 0.05) is 32.3 Å². The number of aromatic nitrogens is 2. The molecule has 0 radical (unpaired) electrons. The maximum absolute atomic E-state index is 12.8. The maximum Gasteiger partial charge on any atom is 0.225 e. The van der Waals surface area contributed by atoms with Crippen LogP contribution in [0.1, 0.15) is 43.4 Å². The lowest BCUT2D eigenvalue weighted by molar-refractivity contribution is -0.125. The van der Waals surface area contributed by atoms with E-state index in [-0.39, 0.29) is 23.8 Å². The van der Waals surface area contributed by atoms with Gasteiger partial charge in [0.25, 0.3) is 0 Å². The van der Waals surface area contributed by atoms with Gasteiger partial charge in [-0.25, -0.2) is 0 Å². The number of nitrogens with zero attached hydrogens (tertiary/aromatic N) is 2. The molecule has 3 rings (SSSR count). The number of amides is 1. The summed E-state index contributed by atoms with van der Waals surface area (Å²) in [5.41, 5.74) is 2.19. The Hall–Kier alpha value is -2.34. The van der Waals surface area contributed by atoms with Crippen LogP contribution in [0.4, 0.5) is 0 Å². The van der Waals surface area contributed by atoms with Gasteiger partial charge in [-0.1, -0.05) is 19.1 Å². The van der Waals surface area contributed by atoms with E-state index in [2.05, 4.69) is 22.7 Å². The number of benzene rings is 1. The molecule has 2 aromatic rings. The third-order valence-electron chi connectivity index (χ3n) is 4.92. The van der Waals surface area contributed by atoms with Crippen LogP contribution in [0.3, 0.4) is 0 Å². The molecule has 1 aromatic carbocycles. The topological polar surface area (TPSA) is 68.2 Å². The molecule has 6 heteroatoms. The molecule has 0 bridgehead atoms. The Morgan fingerprint density at radius 1 is 1.38 bits per heavy atom. The Morgan fingerprint density at radius 3 is 2.81 bits per heavy atom. The van der Waals surface area contributed by atoms with Crippen molar-refractivity contribution in [2.45, 2.75) is 32.2 Å². The monoisotopic (exact) mass is 356 g/mol. The van der Waals surface area contributed by atoms with Gasteiger partial charge in [-0.2, -0.15) is 5.10 Å². The van der Waals surface area contributed by atoms with Gasteiger partial charge in [0.05, 0.1) is 24.8 Å². The molecule has 1 unspecified atom stereocenters. The zero-order chi connectivity index (χ0) is 18.5. The number of carbonyl (C=O) groups is 1. The first-order valence-electron chi connectivity index (χ1n) is 9.31. The zero-order valence-corrected chi connectivity index (χ0v) is 15.7. The summed E-state index contributed by atoms with van der Waals surface area (Å²) in [6.45, 7) is 6.32. The van der Waals surface area contributed by atoms with Crippen LogP contribution in [-0.4, -0.2) is 35.4 Å². The Labute approximate surface area is 154 Å². The Morgan fingerprint density at radius 2 is 2.15 bits per heavy atom. The van der Waals surface area contributed by atoms with E-state index in [4.69, 9.17) is 4.74 Å². The van der Waals surface area contributed by atoms with Crippen LogP contribution in [0.15, 0.2) is 36.7 Å². The lowest BCUT2D eigenvalue weighted by Gasteiger charge is -2.21. The number of carbonyl (C=O) groups excluding carboxylic acids is 1. The highest BCUT2D eigenvalue weighted by molar-refractivity contribution is 5.81. The van der Waals surface area contributed by atoms with Crippen molar-refractivity contribution in [1.82, 2.24) is 20.4 Å². The molecule has 140 valence electrons. The number of aryl methyl sites for hydroxylation is 1. The Bertz CT molecular complexity index is 726. The number of rotatable bonds is 7. The standard InChI is InChI=1S/C20H28N4O2/c1-4-9-26-17-7-5-15(6-8-17)14(2)23-20(25)19-12-21-11-18(19)16-10-22-24(3)13-16/h5-8,10,13-14,18-19,21H,4,9,11-12H2,1-3H3,(H,23,25)/t14?,18-,19+/m1/s1. The summed E-state index contributed by atoms with van der Waals surface area (Å²) in [7, 11) is 1.90. The summed E-state index contributed by atoms with van der Waals surface area (Å²) in [5, 5.41) is 10.7. The second-order valence-corrected chi connectivity index (χ2v) is 6.97. The van der Waals surface area contributed by atoms with Gasteiger partial charge in [0.15, 0.2) is 0 Å². The second kappa shape index (κ2) is 8.36. The van der Waals surface area contributed by atoms with Crippen LogP contribution < -0.4 is 15.4 Å². The summed E-state index contributed by atoms with van der Waals surface area (Å²) in [6, 6.07) is 7.91. The zero-order valence-electron chi connectivity index (χ0n) is 15.7. The van der Waals surface area contributed by atoms with Crippen molar-refractivity contribution in [2.24, 2.45) is 13.0 Å². The molecule has 0 saturated carbocycles. The molecule has 1 aromatic heterocycles. The van der Waals surface area contributed by atoms with Crippen LogP contribution in [0, 0.1) is 5.92 Å². The molecule has 2 N–H and O–H groups in total. The van der Waals surface area contributed by atoms with Crippen LogP contribution in [0.2, 0.25) is 0 Å². The lowest BCUT2D eigenvalue weighted by Crippen LogP contribution is -2.35. The maximum atomic E-state index is 12.8. The fraction of sp³-hybridized carbons (Fsp3) is 0.500. The van der Waals surface area contributed by atoms with Crippen molar-refractivity contribution >= 4 is 5.91 Å². The van der Waals surface area contributed by atoms with Gasteiger partial charge in [0.1, 0.15) is 5.75 Å². The smallest absolute Gasteiger partial charge is 0.225 e. The summed E-state index contributed by atoms with van der Waals surface area (Å²) in [4.78, 5) is 12.8. The van der Waals surface area contributed by atoms with Crippen molar-refractivity contribution < 1.29 is 9.53 Å². The minimum absolute atomic E-state index is 0.0436. The Kier molecular flexibility index (Phi) is 5.93. The average molecular weight is 356 g/mol. The molecule has 0 aliphatic carbocycles. The molecule has 1 aliphatic heterocycles. The SMILES string of the molecule is CCCOc1ccc(C(C)NC(=O)[C@H]2CNC[C@@H]2c2cnn(C)c2)cc1. The quantitative estimate of drug-likeness (QED) is 0.799. The molecular formula is C20H28N4O2. The second-order valence-electron chi connectivity index (χ2n) is 6.97. The van der Waals surface area contributed by atoms with Gasteiger partial charge in [-0.05, 0) is 36.6 Å². The van der Waals surface area contributed by atoms with E-state index >= 15 is 0 Å². The van der Waals surface area contributed by atoms with E-state index in [1.807, 2.05) is 50.6 Å². The highest BCUT2D eigenvalue weighted by Gasteiger charge is 2.35. The average Bonchev–Trinajstić information content (AvgIpc) is 3.29. The highest BCUT2D eigenvalue weighted by atomic mass is 16.5. The van der Waals surface area contributed by atoms with E-state index in [0.29, 0.717) is 6.54 Å². The minimum atomic E-state index is -0.0752. The molecule has 1 amide bonds. The van der Waals surface area contributed by atoms with Crippen LogP contribution >= 0.6 is 0 Å². The molecule has 1 fully saturated rings. The van der Waals surface area contributed by atoms with Gasteiger partial charge in [-0.15, -0.1) is 0 Å². The summed E-state index contributed by atoms with van der Waals surface area (Å²) in [6.07, 6.45) is 4.84. The largest absolute Gasteiger partial charge is 0.494 e. The van der Waals surface area contributed by atoms with E-state index < -0.39 is 0 Å². The molecule has 3 atom stereocenters. The fourth-order valence-electron chi connectivity index (χ4n) is 3.41. The molecule has 26 heavy (non-hydrogen) atoms. The number of ether oxygens (including phenoxy) is 1. The van der Waals surface area contributed by atoms with Crippen LogP contribution in [0.25, 0.3) is 0 Å². The van der Waals surface area contributed by atoms with Crippen molar-refractivity contribution in [3.63, 3.8) is 0 Å². The van der Waals surface area contributed by atoms with Gasteiger partial charge >= 0.3 is 0 Å². The highest BCUT2D eigenvalue weighted by Crippen LogP contribution is 2.28. The third-order valence-corrected chi connectivity index (χ3v) is 4.92. The molecule has 6 nitrogen and oxygen atoms in total. The number of hydrogen-bond donors (Lipinski definition) is 2. The summed E-state index contributed by atoms with van der Waals surface area (Å²) < 4.78 is 7.40. The fourth-order valence-corrected chi connectivity index (χ4v) is 3.41. The van der Waals surface area contributed by atoms with E-state index in [0.717, 1.165) is 36.4 Å². The summed E-state index contributed by atoms with van der Waals surface area (Å²) in [5.74, 6) is 1.04. The normalized spacial score (nSPS) is 20.7. The van der Waals surface area contributed by atoms with E-state index in [1.165, 1.54) is 0 Å². The van der Waals surface area contributed by atoms with Gasteiger partial charge in [-0.3, -0.25) is 9.48 Å². The van der Waals surface area contributed by atoms with Crippen molar-refractivity contribution in [3.05, 3.63) is 47.8 Å². The summed E-state index contributed by atoms with van der Waals surface area (Å²) >= 11 is 0. The first kappa shape index (κ1) is 18.5. The van der Waals surface area contributed by atoms with Crippen molar-refractivity contribution in [2.75, 3.05) is 19.7 Å². The van der Waals surface area contributed by atoms with E-state index in [1.54, 1.807) is 4.68 Å². The first-order chi connectivity index (χ1) is 12.6. The number of nitrogens with one attached hydrogen (secondary N) is 2. The minimum Gasteiger partial charge on any atom is -0.494 e. The first-order valence-corrected chi connectivity index (χ1v) is 9.31. The molecular weight excluding hydrogens is 328 g/mol. The molecule has 2 heterocycles. The molecule has 0 spiro atoms. The van der Waals surface area contributed by atoms with Gasteiger partial charge < -0.3 is 15.4 Å². The Balaban J connectivity index is 1.61. The molecule has 1 saturated heterocycles. The number of hydrogen-bond acceptors (Lipinski definition) is 4. The van der Waals surface area contributed by atoms with Crippen LogP contribution in [-0.2, 0) is 11.8 Å². The third kappa shape index (κ3) is 4.25. The lowest BCUT2D eigenvalue weighted by atomic mass is 9.90. The van der Waals surface area contributed by atoms with Gasteiger partial charge in [0.2, 0.25) is 5.91 Å².